The molecule has 0 unspecified atom stereocenters. The van der Waals surface area contributed by atoms with Crippen LogP contribution in [0.3, 0.4) is 0 Å². The molecule has 1 saturated carbocycles. The van der Waals surface area contributed by atoms with Crippen molar-refractivity contribution in [2.45, 2.75) is 51.1 Å². The van der Waals surface area contributed by atoms with Crippen molar-refractivity contribution < 1.29 is 0 Å². The smallest absolute Gasteiger partial charge is 0.244 e. The molecule has 2 aliphatic rings. The van der Waals surface area contributed by atoms with Crippen LogP contribution in [-0.4, -0.2) is 52.3 Å². The van der Waals surface area contributed by atoms with E-state index in [1.54, 1.807) is 6.20 Å². The first-order valence-electron chi connectivity index (χ1n) is 10.3. The Morgan fingerprint density at radius 2 is 1.67 bits per heavy atom. The number of aromatic nitrogens is 3. The fraction of sp³-hybridized carbons (Fsp3) is 0.571. The van der Waals surface area contributed by atoms with Crippen molar-refractivity contribution in [3.63, 3.8) is 0 Å². The first-order chi connectivity index (χ1) is 13.4. The third-order valence-corrected chi connectivity index (χ3v) is 5.68. The summed E-state index contributed by atoms with van der Waals surface area (Å²) in [5.74, 6) is 1.63. The molecule has 2 fully saturated rings. The topological polar surface area (TPSA) is 57.2 Å². The summed E-state index contributed by atoms with van der Waals surface area (Å²) in [5.41, 5.74) is 1.38. The number of rotatable bonds is 5. The monoisotopic (exact) mass is 366 g/mol. The van der Waals surface area contributed by atoms with Crippen LogP contribution >= 0.6 is 0 Å². The van der Waals surface area contributed by atoms with Gasteiger partial charge in [-0.15, -0.1) is 5.10 Å². The van der Waals surface area contributed by atoms with Crippen LogP contribution in [-0.2, 0) is 6.54 Å². The first kappa shape index (κ1) is 18.2. The minimum absolute atomic E-state index is 0.493. The van der Waals surface area contributed by atoms with Crippen LogP contribution in [0.2, 0.25) is 0 Å². The number of nitrogens with zero attached hydrogens (tertiary/aromatic N) is 5. The molecule has 1 aliphatic heterocycles. The highest BCUT2D eigenvalue weighted by Gasteiger charge is 2.20. The molecule has 0 bridgehead atoms. The highest BCUT2D eigenvalue weighted by Crippen LogP contribution is 2.21. The lowest BCUT2D eigenvalue weighted by Crippen LogP contribution is -2.46. The van der Waals surface area contributed by atoms with Gasteiger partial charge in [-0.3, -0.25) is 4.90 Å². The zero-order valence-electron chi connectivity index (χ0n) is 16.1. The van der Waals surface area contributed by atoms with Crippen LogP contribution in [0.4, 0.5) is 11.8 Å². The minimum atomic E-state index is 0.493. The molecular formula is C21H30N6. The van der Waals surface area contributed by atoms with Gasteiger partial charge in [-0.05, 0) is 18.4 Å². The van der Waals surface area contributed by atoms with E-state index < -0.39 is 0 Å². The quantitative estimate of drug-likeness (QED) is 0.819. The van der Waals surface area contributed by atoms with E-state index in [4.69, 9.17) is 4.98 Å². The van der Waals surface area contributed by atoms with Gasteiger partial charge in [-0.25, -0.2) is 0 Å². The summed E-state index contributed by atoms with van der Waals surface area (Å²) >= 11 is 0. The second-order valence-electron chi connectivity index (χ2n) is 7.72. The molecule has 6 heteroatoms. The molecular weight excluding hydrogens is 336 g/mol. The Morgan fingerprint density at radius 1 is 0.926 bits per heavy atom. The summed E-state index contributed by atoms with van der Waals surface area (Å²) in [4.78, 5) is 9.59. The van der Waals surface area contributed by atoms with Crippen molar-refractivity contribution in [2.75, 3.05) is 36.4 Å². The second kappa shape index (κ2) is 9.13. The molecule has 1 aromatic heterocycles. The Bertz CT molecular complexity index is 691. The van der Waals surface area contributed by atoms with E-state index in [-0.39, 0.29) is 0 Å². The van der Waals surface area contributed by atoms with Gasteiger partial charge in [0.25, 0.3) is 0 Å². The SMILES string of the molecule is c1ccc(CN2CCN(c3cnnc(NC4CCCCCC4)n3)CC2)cc1. The summed E-state index contributed by atoms with van der Waals surface area (Å²) in [6.07, 6.45) is 9.53. The molecule has 0 spiro atoms. The van der Waals surface area contributed by atoms with Gasteiger partial charge in [0.2, 0.25) is 5.95 Å². The van der Waals surface area contributed by atoms with Crippen LogP contribution in [0.5, 0.6) is 0 Å². The molecule has 4 rings (SSSR count). The fourth-order valence-corrected chi connectivity index (χ4v) is 4.09. The van der Waals surface area contributed by atoms with E-state index >= 15 is 0 Å². The largest absolute Gasteiger partial charge is 0.353 e. The van der Waals surface area contributed by atoms with Crippen LogP contribution in [0.1, 0.15) is 44.1 Å². The maximum Gasteiger partial charge on any atom is 0.244 e. The highest BCUT2D eigenvalue weighted by atomic mass is 15.3. The van der Waals surface area contributed by atoms with E-state index in [2.05, 4.69) is 55.6 Å². The molecule has 144 valence electrons. The molecule has 6 nitrogen and oxygen atoms in total. The third-order valence-electron chi connectivity index (χ3n) is 5.68. The van der Waals surface area contributed by atoms with E-state index in [1.807, 2.05) is 0 Å². The Kier molecular flexibility index (Phi) is 6.14. The average molecular weight is 367 g/mol. The Balaban J connectivity index is 1.31. The summed E-state index contributed by atoms with van der Waals surface area (Å²) in [6, 6.07) is 11.2. The fourth-order valence-electron chi connectivity index (χ4n) is 4.09. The van der Waals surface area contributed by atoms with Crippen molar-refractivity contribution in [3.8, 4) is 0 Å². The zero-order valence-corrected chi connectivity index (χ0v) is 16.1. The van der Waals surface area contributed by atoms with Gasteiger partial charge in [0.15, 0.2) is 5.82 Å². The van der Waals surface area contributed by atoms with Gasteiger partial charge in [0.1, 0.15) is 0 Å². The lowest BCUT2D eigenvalue weighted by molar-refractivity contribution is 0.249. The molecule has 1 aliphatic carbocycles. The lowest BCUT2D eigenvalue weighted by atomic mass is 10.1. The minimum Gasteiger partial charge on any atom is -0.353 e. The predicted molar refractivity (Wildman–Crippen MR) is 109 cm³/mol. The molecule has 0 atom stereocenters. The normalized spacial score (nSPS) is 19.6. The Hall–Kier alpha value is -2.21. The zero-order chi connectivity index (χ0) is 18.3. The van der Waals surface area contributed by atoms with Gasteiger partial charge < -0.3 is 10.2 Å². The molecule has 1 N–H and O–H groups in total. The van der Waals surface area contributed by atoms with E-state index in [9.17, 15) is 0 Å². The van der Waals surface area contributed by atoms with Crippen LogP contribution in [0.15, 0.2) is 36.5 Å². The first-order valence-corrected chi connectivity index (χ1v) is 10.3. The highest BCUT2D eigenvalue weighted by molar-refractivity contribution is 5.41. The van der Waals surface area contributed by atoms with Gasteiger partial charge in [-0.2, -0.15) is 10.1 Å². The number of nitrogens with one attached hydrogen (secondary N) is 1. The maximum absolute atomic E-state index is 4.75. The van der Waals surface area contributed by atoms with Crippen molar-refractivity contribution in [2.24, 2.45) is 0 Å². The van der Waals surface area contributed by atoms with Gasteiger partial charge in [0, 0.05) is 38.8 Å². The number of hydrogen-bond donors (Lipinski definition) is 1. The third kappa shape index (κ3) is 5.16. The number of benzene rings is 1. The van der Waals surface area contributed by atoms with E-state index in [1.165, 1.54) is 44.1 Å². The standard InChI is InChI=1S/C21H30N6/c1-2-7-11-19(10-6-1)23-21-24-20(16-22-25-21)27-14-12-26(13-15-27)17-18-8-4-3-5-9-18/h3-5,8-9,16,19H,1-2,6-7,10-15,17H2,(H,23,24,25). The van der Waals surface area contributed by atoms with E-state index in [0.29, 0.717) is 12.0 Å². The lowest BCUT2D eigenvalue weighted by Gasteiger charge is -2.35. The van der Waals surface area contributed by atoms with Crippen molar-refractivity contribution in [1.29, 1.82) is 0 Å². The number of hydrogen-bond acceptors (Lipinski definition) is 6. The molecule has 2 heterocycles. The van der Waals surface area contributed by atoms with Crippen molar-refractivity contribution >= 4 is 11.8 Å². The van der Waals surface area contributed by atoms with Crippen molar-refractivity contribution in [1.82, 2.24) is 20.1 Å². The number of anilines is 2. The Labute approximate surface area is 162 Å². The molecule has 1 saturated heterocycles. The average Bonchev–Trinajstić information content (AvgIpc) is 2.98. The summed E-state index contributed by atoms with van der Waals surface area (Å²) in [5, 5.41) is 11.9. The maximum atomic E-state index is 4.75. The molecule has 27 heavy (non-hydrogen) atoms. The predicted octanol–water partition coefficient (Wildman–Crippen LogP) is 3.33. The summed E-state index contributed by atoms with van der Waals surface area (Å²) < 4.78 is 0. The Morgan fingerprint density at radius 3 is 2.41 bits per heavy atom. The van der Waals surface area contributed by atoms with Crippen LogP contribution in [0, 0.1) is 0 Å². The van der Waals surface area contributed by atoms with Crippen LogP contribution in [0.25, 0.3) is 0 Å². The van der Waals surface area contributed by atoms with Crippen LogP contribution < -0.4 is 10.2 Å². The second-order valence-corrected chi connectivity index (χ2v) is 7.72. The van der Waals surface area contributed by atoms with E-state index in [0.717, 1.165) is 38.5 Å². The molecule has 2 aromatic rings. The number of piperazine rings is 1. The molecule has 1 aromatic carbocycles. The van der Waals surface area contributed by atoms with Gasteiger partial charge in [-0.1, -0.05) is 56.0 Å². The van der Waals surface area contributed by atoms with Gasteiger partial charge in [0.05, 0.1) is 6.20 Å². The van der Waals surface area contributed by atoms with Gasteiger partial charge >= 0.3 is 0 Å². The summed E-state index contributed by atoms with van der Waals surface area (Å²) in [6.45, 7) is 5.07. The molecule has 0 amide bonds. The van der Waals surface area contributed by atoms with Crippen molar-refractivity contribution in [3.05, 3.63) is 42.1 Å². The molecule has 0 radical (unpaired) electrons. The summed E-state index contributed by atoms with van der Waals surface area (Å²) in [7, 11) is 0.